The van der Waals surface area contributed by atoms with Gasteiger partial charge in [0.15, 0.2) is 0 Å². The second kappa shape index (κ2) is 6.12. The van der Waals surface area contributed by atoms with Crippen LogP contribution in [0.3, 0.4) is 0 Å². The number of carbonyl (C=O) groups excluding carboxylic acids is 1. The van der Waals surface area contributed by atoms with Crippen LogP contribution in [0.2, 0.25) is 0 Å². The van der Waals surface area contributed by atoms with Crippen LogP contribution in [0, 0.1) is 5.92 Å². The fourth-order valence-corrected chi connectivity index (χ4v) is 3.75. The topological polar surface area (TPSA) is 23.6 Å². The number of nitrogens with zero attached hydrogens (tertiary/aromatic N) is 2. The molecule has 0 aromatic carbocycles. The molecule has 0 aromatic rings. The molecular weight excluding hydrogens is 244 g/mol. The zero-order valence-corrected chi connectivity index (χ0v) is 11.1. The minimum atomic E-state index is 0.296. The largest absolute Gasteiger partial charge is 0.340 e. The molecule has 2 heterocycles. The second-order valence-electron chi connectivity index (χ2n) is 4.42. The molecule has 1 amide bonds. The van der Waals surface area contributed by atoms with Crippen LogP contribution in [0.25, 0.3) is 0 Å². The Kier molecular flexibility index (Phi) is 4.79. The van der Waals surface area contributed by atoms with Gasteiger partial charge in [0.25, 0.3) is 0 Å². The molecule has 0 N–H and O–H groups in total. The molecular formula is C11H19ClN2OS. The standard InChI is InChI=1S/C11H19ClN2OS/c12-2-3-13-4-6-14(7-5-13)11(15)10-1-8-16-9-10/h10H,1-9H2. The highest BCUT2D eigenvalue weighted by Gasteiger charge is 2.29. The van der Waals surface area contributed by atoms with Crippen LogP contribution >= 0.6 is 23.4 Å². The van der Waals surface area contributed by atoms with E-state index in [1.54, 1.807) is 0 Å². The first kappa shape index (κ1) is 12.5. The number of thioether (sulfide) groups is 1. The maximum absolute atomic E-state index is 12.1. The van der Waals surface area contributed by atoms with Crippen molar-refractivity contribution in [1.82, 2.24) is 9.80 Å². The van der Waals surface area contributed by atoms with Gasteiger partial charge < -0.3 is 4.90 Å². The van der Waals surface area contributed by atoms with E-state index in [0.717, 1.165) is 50.7 Å². The second-order valence-corrected chi connectivity index (χ2v) is 5.94. The van der Waals surface area contributed by atoms with Crippen LogP contribution in [-0.4, -0.2) is 65.8 Å². The lowest BCUT2D eigenvalue weighted by molar-refractivity contribution is -0.136. The highest BCUT2D eigenvalue weighted by atomic mass is 35.5. The van der Waals surface area contributed by atoms with Crippen LogP contribution in [0.15, 0.2) is 0 Å². The van der Waals surface area contributed by atoms with Gasteiger partial charge in [-0.1, -0.05) is 0 Å². The molecule has 2 fully saturated rings. The molecule has 3 nitrogen and oxygen atoms in total. The van der Waals surface area contributed by atoms with Crippen LogP contribution in [0.4, 0.5) is 0 Å². The summed E-state index contributed by atoms with van der Waals surface area (Å²) in [6.45, 7) is 4.69. The average molecular weight is 263 g/mol. The summed E-state index contributed by atoms with van der Waals surface area (Å²) in [5.74, 6) is 3.55. The first-order chi connectivity index (χ1) is 7.81. The van der Waals surface area contributed by atoms with Crippen molar-refractivity contribution in [2.45, 2.75) is 6.42 Å². The predicted octanol–water partition coefficient (Wildman–Crippen LogP) is 1.12. The number of rotatable bonds is 3. The van der Waals surface area contributed by atoms with Gasteiger partial charge in [0.2, 0.25) is 5.91 Å². The first-order valence-electron chi connectivity index (χ1n) is 5.96. The molecule has 0 spiro atoms. The molecule has 2 aliphatic heterocycles. The van der Waals surface area contributed by atoms with E-state index in [2.05, 4.69) is 4.90 Å². The molecule has 5 heteroatoms. The zero-order chi connectivity index (χ0) is 11.4. The fourth-order valence-electron chi connectivity index (χ4n) is 2.30. The Hall–Kier alpha value is 0.0700. The van der Waals surface area contributed by atoms with E-state index in [1.807, 2.05) is 16.7 Å². The number of hydrogen-bond donors (Lipinski definition) is 0. The summed E-state index contributed by atoms with van der Waals surface area (Å²) in [4.78, 5) is 16.5. The molecule has 0 aliphatic carbocycles. The van der Waals surface area contributed by atoms with Crippen molar-refractivity contribution in [1.29, 1.82) is 0 Å². The van der Waals surface area contributed by atoms with E-state index in [4.69, 9.17) is 11.6 Å². The summed E-state index contributed by atoms with van der Waals surface area (Å²) in [6.07, 6.45) is 1.07. The van der Waals surface area contributed by atoms with E-state index >= 15 is 0 Å². The van der Waals surface area contributed by atoms with Crippen LogP contribution in [0.1, 0.15) is 6.42 Å². The van der Waals surface area contributed by atoms with E-state index in [1.165, 1.54) is 0 Å². The lowest BCUT2D eigenvalue weighted by Crippen LogP contribution is -2.50. The first-order valence-corrected chi connectivity index (χ1v) is 7.65. The van der Waals surface area contributed by atoms with Crippen molar-refractivity contribution in [3.63, 3.8) is 0 Å². The zero-order valence-electron chi connectivity index (χ0n) is 9.53. The van der Waals surface area contributed by atoms with Crippen molar-refractivity contribution in [2.24, 2.45) is 5.92 Å². The molecule has 2 rings (SSSR count). The van der Waals surface area contributed by atoms with Crippen LogP contribution in [0.5, 0.6) is 0 Å². The number of piperazine rings is 1. The summed E-state index contributed by atoms with van der Waals surface area (Å²) in [6, 6.07) is 0. The minimum absolute atomic E-state index is 0.296. The smallest absolute Gasteiger partial charge is 0.226 e. The summed E-state index contributed by atoms with van der Waals surface area (Å²) in [5.41, 5.74) is 0. The van der Waals surface area contributed by atoms with Crippen molar-refractivity contribution in [3.05, 3.63) is 0 Å². The normalized spacial score (nSPS) is 27.3. The molecule has 0 aromatic heterocycles. The van der Waals surface area contributed by atoms with E-state index in [9.17, 15) is 4.79 Å². The van der Waals surface area contributed by atoms with Crippen molar-refractivity contribution in [3.8, 4) is 0 Å². The van der Waals surface area contributed by atoms with E-state index < -0.39 is 0 Å². The highest BCUT2D eigenvalue weighted by molar-refractivity contribution is 7.99. The molecule has 2 saturated heterocycles. The third-order valence-electron chi connectivity index (χ3n) is 3.36. The lowest BCUT2D eigenvalue weighted by Gasteiger charge is -2.35. The van der Waals surface area contributed by atoms with Gasteiger partial charge in [0.1, 0.15) is 0 Å². The Bertz CT molecular complexity index is 238. The Morgan fingerprint density at radius 2 is 2.06 bits per heavy atom. The molecule has 1 unspecified atom stereocenters. The van der Waals surface area contributed by atoms with E-state index in [0.29, 0.717) is 17.7 Å². The highest BCUT2D eigenvalue weighted by Crippen LogP contribution is 2.25. The van der Waals surface area contributed by atoms with Gasteiger partial charge in [-0.3, -0.25) is 9.69 Å². The third kappa shape index (κ3) is 3.05. The van der Waals surface area contributed by atoms with Gasteiger partial charge in [-0.25, -0.2) is 0 Å². The SMILES string of the molecule is O=C(C1CCSC1)N1CCN(CCCl)CC1. The number of amides is 1. The number of carbonyl (C=O) groups is 1. The van der Waals surface area contributed by atoms with Gasteiger partial charge in [-0.05, 0) is 12.2 Å². The Morgan fingerprint density at radius 1 is 1.31 bits per heavy atom. The lowest BCUT2D eigenvalue weighted by atomic mass is 10.1. The van der Waals surface area contributed by atoms with Gasteiger partial charge in [-0.2, -0.15) is 11.8 Å². The Morgan fingerprint density at radius 3 is 2.62 bits per heavy atom. The predicted molar refractivity (Wildman–Crippen MR) is 69.2 cm³/mol. The maximum atomic E-state index is 12.1. The molecule has 16 heavy (non-hydrogen) atoms. The minimum Gasteiger partial charge on any atom is -0.340 e. The number of alkyl halides is 1. The third-order valence-corrected chi connectivity index (χ3v) is 4.70. The van der Waals surface area contributed by atoms with Crippen LogP contribution in [-0.2, 0) is 4.79 Å². The van der Waals surface area contributed by atoms with Crippen molar-refractivity contribution < 1.29 is 4.79 Å². The monoisotopic (exact) mass is 262 g/mol. The van der Waals surface area contributed by atoms with Crippen molar-refractivity contribution >= 4 is 29.3 Å². The summed E-state index contributed by atoms with van der Waals surface area (Å²) in [7, 11) is 0. The quantitative estimate of drug-likeness (QED) is 0.713. The average Bonchev–Trinajstić information content (AvgIpc) is 2.83. The molecule has 0 saturated carbocycles. The molecule has 92 valence electrons. The number of halogens is 1. The molecule has 1 atom stereocenters. The Balaban J connectivity index is 1.77. The van der Waals surface area contributed by atoms with Crippen molar-refractivity contribution in [2.75, 3.05) is 50.1 Å². The van der Waals surface area contributed by atoms with Gasteiger partial charge in [0.05, 0.1) is 0 Å². The number of hydrogen-bond acceptors (Lipinski definition) is 3. The molecule has 0 radical (unpaired) electrons. The van der Waals surface area contributed by atoms with Gasteiger partial charge in [0, 0.05) is 50.3 Å². The summed E-state index contributed by atoms with van der Waals surface area (Å²) >= 11 is 7.62. The summed E-state index contributed by atoms with van der Waals surface area (Å²) < 4.78 is 0. The van der Waals surface area contributed by atoms with E-state index in [-0.39, 0.29) is 0 Å². The van der Waals surface area contributed by atoms with Gasteiger partial charge in [-0.15, -0.1) is 11.6 Å². The van der Waals surface area contributed by atoms with Gasteiger partial charge >= 0.3 is 0 Å². The fraction of sp³-hybridized carbons (Fsp3) is 0.909. The Labute approximate surface area is 106 Å². The molecule has 2 aliphatic rings. The maximum Gasteiger partial charge on any atom is 0.226 e. The van der Waals surface area contributed by atoms with Crippen LogP contribution < -0.4 is 0 Å². The summed E-state index contributed by atoms with van der Waals surface area (Å²) in [5, 5.41) is 0. The molecule has 0 bridgehead atoms.